The molecule has 2 fully saturated rings. The van der Waals surface area contributed by atoms with Crippen LogP contribution in [0, 0.1) is 10.1 Å². The molecule has 8 nitrogen and oxygen atoms in total. The van der Waals surface area contributed by atoms with Crippen LogP contribution in [0.2, 0.25) is 0 Å². The van der Waals surface area contributed by atoms with Gasteiger partial charge in [0, 0.05) is 19.2 Å². The number of nitrogens with zero attached hydrogens (tertiary/aromatic N) is 4. The fraction of sp³-hybridized carbons (Fsp3) is 0.600. The van der Waals surface area contributed by atoms with Crippen LogP contribution in [0.5, 0.6) is 0 Å². The zero-order valence-electron chi connectivity index (χ0n) is 13.4. The van der Waals surface area contributed by atoms with Crippen molar-refractivity contribution in [2.75, 3.05) is 18.0 Å². The first-order valence-electron chi connectivity index (χ1n) is 7.61. The summed E-state index contributed by atoms with van der Waals surface area (Å²) in [5, 5.41) is 10.7. The van der Waals surface area contributed by atoms with Crippen molar-refractivity contribution < 1.29 is 14.5 Å². The second-order valence-electron chi connectivity index (χ2n) is 6.96. The lowest BCUT2D eigenvalue weighted by molar-refractivity contribution is -0.385. The summed E-state index contributed by atoms with van der Waals surface area (Å²) in [4.78, 5) is 30.5. The number of aromatic nitrogens is 1. The molecule has 2 aliphatic rings. The van der Waals surface area contributed by atoms with Crippen LogP contribution in [0.25, 0.3) is 0 Å². The van der Waals surface area contributed by atoms with Gasteiger partial charge in [0.2, 0.25) is 0 Å². The number of likely N-dealkylation sites (tertiary alicyclic amines) is 1. The number of amides is 1. The Morgan fingerprint density at radius 3 is 2.57 bits per heavy atom. The van der Waals surface area contributed by atoms with E-state index in [1.165, 1.54) is 12.3 Å². The predicted octanol–water partition coefficient (Wildman–Crippen LogP) is 2.19. The zero-order chi connectivity index (χ0) is 16.8. The fourth-order valence-electron chi connectivity index (χ4n) is 3.15. The van der Waals surface area contributed by atoms with Gasteiger partial charge < -0.3 is 14.5 Å². The quantitative estimate of drug-likeness (QED) is 0.613. The predicted molar refractivity (Wildman–Crippen MR) is 83.4 cm³/mol. The van der Waals surface area contributed by atoms with Crippen molar-refractivity contribution >= 4 is 17.6 Å². The van der Waals surface area contributed by atoms with E-state index in [0.717, 1.165) is 6.42 Å². The van der Waals surface area contributed by atoms with E-state index < -0.39 is 10.5 Å². The maximum atomic E-state index is 12.2. The number of anilines is 1. The molecule has 0 unspecified atom stereocenters. The number of piperazine rings is 1. The van der Waals surface area contributed by atoms with Crippen LogP contribution in [0.4, 0.5) is 16.3 Å². The van der Waals surface area contributed by atoms with Gasteiger partial charge in [0.05, 0.1) is 17.0 Å². The van der Waals surface area contributed by atoms with E-state index in [4.69, 9.17) is 4.74 Å². The summed E-state index contributed by atoms with van der Waals surface area (Å²) in [5.74, 6) is 0.715. The number of nitro groups is 1. The first kappa shape index (κ1) is 15.5. The summed E-state index contributed by atoms with van der Waals surface area (Å²) in [6.45, 7) is 6.83. The maximum Gasteiger partial charge on any atom is 0.410 e. The molecular weight excluding hydrogens is 300 g/mol. The monoisotopic (exact) mass is 320 g/mol. The Morgan fingerprint density at radius 1 is 1.35 bits per heavy atom. The summed E-state index contributed by atoms with van der Waals surface area (Å²) in [6.07, 6.45) is 1.87. The number of carbonyl (C=O) groups is 1. The summed E-state index contributed by atoms with van der Waals surface area (Å²) >= 11 is 0. The largest absolute Gasteiger partial charge is 0.444 e. The molecule has 2 aliphatic heterocycles. The molecule has 0 radical (unpaired) electrons. The molecule has 8 heteroatoms. The van der Waals surface area contributed by atoms with Gasteiger partial charge in [-0.3, -0.25) is 10.1 Å². The molecule has 0 spiro atoms. The molecule has 2 atom stereocenters. The van der Waals surface area contributed by atoms with E-state index in [2.05, 4.69) is 9.88 Å². The maximum absolute atomic E-state index is 12.2. The second kappa shape index (κ2) is 5.36. The van der Waals surface area contributed by atoms with Gasteiger partial charge in [-0.1, -0.05) is 0 Å². The third-order valence-electron chi connectivity index (χ3n) is 4.11. The van der Waals surface area contributed by atoms with E-state index in [0.29, 0.717) is 18.9 Å². The van der Waals surface area contributed by atoms with Crippen molar-refractivity contribution in [2.45, 2.75) is 44.9 Å². The van der Waals surface area contributed by atoms with E-state index in [-0.39, 0.29) is 23.9 Å². The molecule has 0 saturated carbocycles. The molecule has 1 aromatic heterocycles. The molecule has 2 bridgehead atoms. The third kappa shape index (κ3) is 3.06. The van der Waals surface area contributed by atoms with Crippen molar-refractivity contribution in [3.05, 3.63) is 28.4 Å². The number of pyridine rings is 1. The van der Waals surface area contributed by atoms with Gasteiger partial charge in [0.25, 0.3) is 5.69 Å². The minimum Gasteiger partial charge on any atom is -0.444 e. The van der Waals surface area contributed by atoms with Crippen molar-refractivity contribution in [1.82, 2.24) is 9.88 Å². The van der Waals surface area contributed by atoms with E-state index in [9.17, 15) is 14.9 Å². The average Bonchev–Trinajstić information content (AvgIpc) is 3.05. The van der Waals surface area contributed by atoms with Crippen LogP contribution in [-0.2, 0) is 4.74 Å². The summed E-state index contributed by atoms with van der Waals surface area (Å²) in [6, 6.07) is 3.41. The molecule has 1 amide bonds. The number of fused-ring (bicyclic) bond motifs is 2. The highest BCUT2D eigenvalue weighted by molar-refractivity contribution is 5.70. The standard InChI is InChI=1S/C15H20N4O4/c1-15(2,3)23-14(20)18-9-11-6-12(18)8-17(11)13-5-4-10(7-16-13)19(21)22/h4-5,7,11-12H,6,8-9H2,1-3H3/t11-,12-/m0/s1. The van der Waals surface area contributed by atoms with E-state index in [1.807, 2.05) is 20.8 Å². The van der Waals surface area contributed by atoms with Gasteiger partial charge in [-0.2, -0.15) is 0 Å². The number of hydrogen-bond acceptors (Lipinski definition) is 6. The smallest absolute Gasteiger partial charge is 0.410 e. The Kier molecular flexibility index (Phi) is 3.62. The molecule has 3 heterocycles. The van der Waals surface area contributed by atoms with Gasteiger partial charge >= 0.3 is 6.09 Å². The van der Waals surface area contributed by atoms with Crippen LogP contribution >= 0.6 is 0 Å². The van der Waals surface area contributed by atoms with Crippen molar-refractivity contribution in [3.63, 3.8) is 0 Å². The Bertz CT molecular complexity index is 625. The molecule has 124 valence electrons. The topological polar surface area (TPSA) is 88.8 Å². The van der Waals surface area contributed by atoms with Crippen LogP contribution in [-0.4, -0.2) is 51.7 Å². The first-order valence-corrected chi connectivity index (χ1v) is 7.61. The first-order chi connectivity index (χ1) is 10.7. The van der Waals surface area contributed by atoms with Gasteiger partial charge in [0.1, 0.15) is 17.6 Å². The number of rotatable bonds is 2. The normalized spacial score (nSPS) is 23.3. The minimum absolute atomic E-state index is 0.0199. The van der Waals surface area contributed by atoms with Crippen LogP contribution in [0.3, 0.4) is 0 Å². The summed E-state index contributed by atoms with van der Waals surface area (Å²) in [7, 11) is 0. The third-order valence-corrected chi connectivity index (χ3v) is 4.11. The van der Waals surface area contributed by atoms with Crippen molar-refractivity contribution in [3.8, 4) is 0 Å². The van der Waals surface area contributed by atoms with Crippen molar-refractivity contribution in [1.29, 1.82) is 0 Å². The molecule has 3 rings (SSSR count). The highest BCUT2D eigenvalue weighted by atomic mass is 16.6. The molecule has 23 heavy (non-hydrogen) atoms. The van der Waals surface area contributed by atoms with Gasteiger partial charge in [0.15, 0.2) is 0 Å². The average molecular weight is 320 g/mol. The lowest BCUT2D eigenvalue weighted by Gasteiger charge is -2.35. The van der Waals surface area contributed by atoms with Gasteiger partial charge in [-0.15, -0.1) is 0 Å². The molecule has 0 aliphatic carbocycles. The highest BCUT2D eigenvalue weighted by Gasteiger charge is 2.46. The lowest BCUT2D eigenvalue weighted by atomic mass is 10.2. The SMILES string of the molecule is CC(C)(C)OC(=O)N1C[C@@H]2C[C@H]1CN2c1ccc([N+](=O)[O-])cn1. The van der Waals surface area contributed by atoms with Crippen molar-refractivity contribution in [2.24, 2.45) is 0 Å². The Hall–Kier alpha value is -2.38. The van der Waals surface area contributed by atoms with Gasteiger partial charge in [-0.05, 0) is 33.3 Å². The van der Waals surface area contributed by atoms with E-state index >= 15 is 0 Å². The summed E-state index contributed by atoms with van der Waals surface area (Å²) in [5.41, 5.74) is -0.521. The minimum atomic E-state index is -0.501. The number of ether oxygens (including phenoxy) is 1. The fourth-order valence-corrected chi connectivity index (χ4v) is 3.15. The van der Waals surface area contributed by atoms with Crippen LogP contribution in [0.15, 0.2) is 18.3 Å². The molecular formula is C15H20N4O4. The van der Waals surface area contributed by atoms with Gasteiger partial charge in [-0.25, -0.2) is 9.78 Å². The number of hydrogen-bond donors (Lipinski definition) is 0. The Labute approximate surface area is 134 Å². The Morgan fingerprint density at radius 2 is 2.09 bits per heavy atom. The second-order valence-corrected chi connectivity index (χ2v) is 6.96. The molecule has 1 aromatic rings. The lowest BCUT2D eigenvalue weighted by Crippen LogP contribution is -2.50. The Balaban J connectivity index is 1.66. The molecule has 0 N–H and O–H groups in total. The molecule has 2 saturated heterocycles. The van der Waals surface area contributed by atoms with E-state index in [1.54, 1.807) is 11.0 Å². The highest BCUT2D eigenvalue weighted by Crippen LogP contribution is 2.34. The summed E-state index contributed by atoms with van der Waals surface area (Å²) < 4.78 is 5.44. The number of carbonyl (C=O) groups excluding carboxylic acids is 1. The molecule has 0 aromatic carbocycles. The zero-order valence-corrected chi connectivity index (χ0v) is 13.4. The van der Waals surface area contributed by atoms with Crippen LogP contribution < -0.4 is 4.90 Å². The van der Waals surface area contributed by atoms with Crippen LogP contribution in [0.1, 0.15) is 27.2 Å².